The van der Waals surface area contributed by atoms with Crippen molar-refractivity contribution < 1.29 is 22.5 Å². The summed E-state index contributed by atoms with van der Waals surface area (Å²) < 4.78 is 31.9. The zero-order chi connectivity index (χ0) is 17.9. The topological polar surface area (TPSA) is 88.8 Å². The molecule has 2 aromatic rings. The third-order valence-corrected chi connectivity index (χ3v) is 6.03. The van der Waals surface area contributed by atoms with Crippen molar-refractivity contribution in [3.63, 3.8) is 0 Å². The van der Waals surface area contributed by atoms with E-state index in [2.05, 4.69) is 5.48 Å². The van der Waals surface area contributed by atoms with Gasteiger partial charge >= 0.3 is 5.91 Å². The highest BCUT2D eigenvalue weighted by atomic mass is 32.2. The van der Waals surface area contributed by atoms with E-state index in [1.165, 1.54) is 17.3 Å². The van der Waals surface area contributed by atoms with Crippen molar-refractivity contribution in [1.29, 1.82) is 0 Å². The molecule has 2 heterocycles. The van der Waals surface area contributed by atoms with Gasteiger partial charge in [0, 0.05) is 19.2 Å². The molecule has 1 saturated heterocycles. The minimum atomic E-state index is -3.63. The van der Waals surface area contributed by atoms with Crippen molar-refractivity contribution >= 4 is 15.9 Å². The van der Waals surface area contributed by atoms with Crippen LogP contribution in [0.3, 0.4) is 0 Å². The van der Waals surface area contributed by atoms with E-state index in [9.17, 15) is 13.2 Å². The Morgan fingerprint density at radius 3 is 2.60 bits per heavy atom. The Morgan fingerprint density at radius 1 is 1.24 bits per heavy atom. The Hall–Kier alpha value is -2.16. The average Bonchev–Trinajstić information content (AvgIpc) is 3.26. The second-order valence-corrected chi connectivity index (χ2v) is 7.75. The van der Waals surface area contributed by atoms with E-state index in [0.29, 0.717) is 13.1 Å². The molecule has 1 aliphatic heterocycles. The molecule has 7 nitrogen and oxygen atoms in total. The van der Waals surface area contributed by atoms with E-state index in [1.807, 2.05) is 30.3 Å². The predicted molar refractivity (Wildman–Crippen MR) is 90.1 cm³/mol. The number of furan rings is 1. The van der Waals surface area contributed by atoms with Gasteiger partial charge in [0.15, 0.2) is 5.76 Å². The van der Waals surface area contributed by atoms with Gasteiger partial charge in [0.1, 0.15) is 10.7 Å². The van der Waals surface area contributed by atoms with E-state index in [-0.39, 0.29) is 23.0 Å². The van der Waals surface area contributed by atoms with Crippen molar-refractivity contribution in [2.75, 3.05) is 13.1 Å². The summed E-state index contributed by atoms with van der Waals surface area (Å²) in [6.07, 6.45) is 1.69. The van der Waals surface area contributed by atoms with Crippen LogP contribution in [0.2, 0.25) is 0 Å². The molecule has 0 radical (unpaired) electrons. The molecule has 134 valence electrons. The first-order valence-electron chi connectivity index (χ1n) is 8.05. The third-order valence-electron chi connectivity index (χ3n) is 4.03. The van der Waals surface area contributed by atoms with Gasteiger partial charge in [-0.15, -0.1) is 0 Å². The quantitative estimate of drug-likeness (QED) is 0.794. The molecule has 1 amide bonds. The van der Waals surface area contributed by atoms with Crippen LogP contribution in [0, 0.1) is 6.92 Å². The first-order valence-corrected chi connectivity index (χ1v) is 9.49. The van der Waals surface area contributed by atoms with Crippen LogP contribution in [0.15, 0.2) is 45.7 Å². The minimum Gasteiger partial charge on any atom is -0.455 e. The van der Waals surface area contributed by atoms with Gasteiger partial charge in [0.2, 0.25) is 10.0 Å². The van der Waals surface area contributed by atoms with E-state index in [4.69, 9.17) is 9.25 Å². The second-order valence-electron chi connectivity index (χ2n) is 5.85. The SMILES string of the molecule is Cc1oc(C(=O)NOCc2ccccc2)cc1S(=O)(=O)N1CCCC1. The number of benzene rings is 1. The number of rotatable bonds is 6. The maximum atomic E-state index is 12.6. The molecule has 0 unspecified atom stereocenters. The Bertz CT molecular complexity index is 839. The number of nitrogens with zero attached hydrogens (tertiary/aromatic N) is 1. The van der Waals surface area contributed by atoms with Crippen molar-refractivity contribution in [3.8, 4) is 0 Å². The Morgan fingerprint density at radius 2 is 1.92 bits per heavy atom. The molecule has 25 heavy (non-hydrogen) atoms. The van der Waals surface area contributed by atoms with Gasteiger partial charge < -0.3 is 4.42 Å². The number of hydroxylamine groups is 1. The van der Waals surface area contributed by atoms with Gasteiger partial charge in [-0.05, 0) is 25.3 Å². The summed E-state index contributed by atoms with van der Waals surface area (Å²) in [6.45, 7) is 2.72. The molecular formula is C17H20N2O5S. The third kappa shape index (κ3) is 3.92. The van der Waals surface area contributed by atoms with Gasteiger partial charge in [0.25, 0.3) is 0 Å². The van der Waals surface area contributed by atoms with Crippen LogP contribution in [0.1, 0.15) is 34.7 Å². The van der Waals surface area contributed by atoms with Crippen molar-refractivity contribution in [3.05, 3.63) is 53.5 Å². The molecule has 1 aromatic heterocycles. The summed E-state index contributed by atoms with van der Waals surface area (Å²) >= 11 is 0. The molecule has 3 rings (SSSR count). The standard InChI is InChI=1S/C17H20N2O5S/c1-13-16(25(21,22)19-9-5-6-10-19)11-15(24-13)17(20)18-23-12-14-7-3-2-4-8-14/h2-4,7-8,11H,5-6,9-10,12H2,1H3,(H,18,20). The number of amides is 1. The molecule has 0 saturated carbocycles. The zero-order valence-corrected chi connectivity index (χ0v) is 14.7. The van der Waals surface area contributed by atoms with Crippen LogP contribution >= 0.6 is 0 Å². The van der Waals surface area contributed by atoms with Crippen LogP contribution < -0.4 is 5.48 Å². The van der Waals surface area contributed by atoms with Crippen molar-refractivity contribution in [2.45, 2.75) is 31.3 Å². The van der Waals surface area contributed by atoms with E-state index >= 15 is 0 Å². The van der Waals surface area contributed by atoms with Crippen LogP contribution in [-0.4, -0.2) is 31.7 Å². The molecule has 8 heteroatoms. The fraction of sp³-hybridized carbons (Fsp3) is 0.353. The van der Waals surface area contributed by atoms with Gasteiger partial charge in [0.05, 0.1) is 6.61 Å². The monoisotopic (exact) mass is 364 g/mol. The molecule has 0 atom stereocenters. The minimum absolute atomic E-state index is 0.0302. The number of aryl methyl sites for hydroxylation is 1. The summed E-state index contributed by atoms with van der Waals surface area (Å²) in [6, 6.07) is 10.6. The lowest BCUT2D eigenvalue weighted by Crippen LogP contribution is -2.28. The smallest absolute Gasteiger partial charge is 0.310 e. The Labute approximate surface area is 146 Å². The Kier molecular flexibility index (Phi) is 5.22. The number of hydrogen-bond donors (Lipinski definition) is 1. The maximum Gasteiger partial charge on any atom is 0.310 e. The van der Waals surface area contributed by atoms with Crippen LogP contribution in [0.5, 0.6) is 0 Å². The number of nitrogens with one attached hydrogen (secondary N) is 1. The molecule has 1 aromatic carbocycles. The Balaban J connectivity index is 1.66. The van der Waals surface area contributed by atoms with E-state index < -0.39 is 15.9 Å². The molecule has 0 aliphatic carbocycles. The zero-order valence-electron chi connectivity index (χ0n) is 13.9. The average molecular weight is 364 g/mol. The van der Waals surface area contributed by atoms with Crippen LogP contribution in [0.4, 0.5) is 0 Å². The van der Waals surface area contributed by atoms with Crippen LogP contribution in [-0.2, 0) is 21.5 Å². The molecule has 1 fully saturated rings. The normalized spacial score (nSPS) is 15.4. The van der Waals surface area contributed by atoms with E-state index in [0.717, 1.165) is 18.4 Å². The van der Waals surface area contributed by atoms with Crippen molar-refractivity contribution in [1.82, 2.24) is 9.79 Å². The van der Waals surface area contributed by atoms with Crippen molar-refractivity contribution in [2.24, 2.45) is 0 Å². The lowest BCUT2D eigenvalue weighted by molar-refractivity contribution is 0.0211. The molecule has 0 spiro atoms. The van der Waals surface area contributed by atoms with Gasteiger partial charge in [-0.1, -0.05) is 30.3 Å². The summed E-state index contributed by atoms with van der Waals surface area (Å²) in [5.41, 5.74) is 3.17. The number of hydrogen-bond acceptors (Lipinski definition) is 5. The first kappa shape index (κ1) is 17.7. The molecule has 1 aliphatic rings. The number of carbonyl (C=O) groups excluding carboxylic acids is 1. The summed E-state index contributed by atoms with van der Waals surface area (Å²) in [5, 5.41) is 0. The largest absolute Gasteiger partial charge is 0.455 e. The molecular weight excluding hydrogens is 344 g/mol. The fourth-order valence-corrected chi connectivity index (χ4v) is 4.39. The maximum absolute atomic E-state index is 12.6. The fourth-order valence-electron chi connectivity index (χ4n) is 2.71. The molecule has 0 bridgehead atoms. The number of sulfonamides is 1. The molecule has 1 N–H and O–H groups in total. The lowest BCUT2D eigenvalue weighted by atomic mass is 10.2. The van der Waals surface area contributed by atoms with Gasteiger partial charge in [-0.25, -0.2) is 13.9 Å². The second kappa shape index (κ2) is 7.38. The summed E-state index contributed by atoms with van der Waals surface area (Å²) in [4.78, 5) is 17.3. The first-order chi connectivity index (χ1) is 12.0. The highest BCUT2D eigenvalue weighted by Crippen LogP contribution is 2.26. The summed E-state index contributed by atoms with van der Waals surface area (Å²) in [5.74, 6) is -0.523. The lowest BCUT2D eigenvalue weighted by Gasteiger charge is -2.14. The number of carbonyl (C=O) groups is 1. The summed E-state index contributed by atoms with van der Waals surface area (Å²) in [7, 11) is -3.63. The van der Waals surface area contributed by atoms with E-state index in [1.54, 1.807) is 0 Å². The van der Waals surface area contributed by atoms with Crippen LogP contribution in [0.25, 0.3) is 0 Å². The highest BCUT2D eigenvalue weighted by molar-refractivity contribution is 7.89. The highest BCUT2D eigenvalue weighted by Gasteiger charge is 2.31. The van der Waals surface area contributed by atoms with Gasteiger partial charge in [-0.2, -0.15) is 4.31 Å². The predicted octanol–water partition coefficient (Wildman–Crippen LogP) is 2.23. The van der Waals surface area contributed by atoms with Gasteiger partial charge in [-0.3, -0.25) is 9.63 Å².